The van der Waals surface area contributed by atoms with Gasteiger partial charge < -0.3 is 19.4 Å². The Labute approximate surface area is 206 Å². The number of fused-ring (bicyclic) bond motifs is 4. The van der Waals surface area contributed by atoms with Crippen LogP contribution in [-0.4, -0.2) is 50.4 Å². The van der Waals surface area contributed by atoms with Crippen LogP contribution in [0, 0.1) is 10.8 Å². The quantitative estimate of drug-likeness (QED) is 0.495. The van der Waals surface area contributed by atoms with Crippen LogP contribution in [0.25, 0.3) is 21.8 Å². The third-order valence-electron chi connectivity index (χ3n) is 9.34. The predicted molar refractivity (Wildman–Crippen MR) is 137 cm³/mol. The van der Waals surface area contributed by atoms with Gasteiger partial charge in [0, 0.05) is 16.8 Å². The van der Waals surface area contributed by atoms with Crippen LogP contribution in [0.4, 0.5) is 4.79 Å². The number of piperidine rings is 1. The van der Waals surface area contributed by atoms with Gasteiger partial charge in [0.15, 0.2) is 0 Å². The fourth-order valence-corrected chi connectivity index (χ4v) is 6.27. The third-order valence-corrected chi connectivity index (χ3v) is 9.34. The highest BCUT2D eigenvalue weighted by atomic mass is 16.7. The van der Waals surface area contributed by atoms with Crippen molar-refractivity contribution in [2.45, 2.75) is 84.6 Å². The molecule has 0 spiro atoms. The van der Waals surface area contributed by atoms with Crippen molar-refractivity contribution >= 4 is 40.5 Å². The number of imidazole rings is 1. The Kier molecular flexibility index (Phi) is 4.44. The molecule has 2 aliphatic heterocycles. The molecule has 1 saturated carbocycles. The van der Waals surface area contributed by atoms with Crippen molar-refractivity contribution in [1.82, 2.24) is 14.9 Å². The molecule has 3 heterocycles. The largest absolute Gasteiger partial charge is 0.494 e. The van der Waals surface area contributed by atoms with Crippen LogP contribution in [0.3, 0.4) is 0 Å². The molecule has 2 aromatic carbocycles. The van der Waals surface area contributed by atoms with E-state index in [-0.39, 0.29) is 22.9 Å². The minimum atomic E-state index is -0.860. The minimum absolute atomic E-state index is 0.0227. The number of likely N-dealkylation sites (tertiary alicyclic amines) is 1. The Balaban J connectivity index is 1.37. The Morgan fingerprint density at radius 2 is 1.80 bits per heavy atom. The second-order valence-corrected chi connectivity index (χ2v) is 12.7. The average molecular weight is 475 g/mol. The number of amides is 1. The summed E-state index contributed by atoms with van der Waals surface area (Å²) in [6.45, 7) is 14.9. The van der Waals surface area contributed by atoms with Crippen molar-refractivity contribution in [2.24, 2.45) is 10.8 Å². The number of hydrogen-bond donors (Lipinski definition) is 2. The molecule has 0 bridgehead atoms. The zero-order valence-corrected chi connectivity index (χ0v) is 21.6. The number of nitrogens with zero attached hydrogens (tertiary/aromatic N) is 2. The molecule has 1 aromatic heterocycles. The molecule has 1 amide bonds. The van der Waals surface area contributed by atoms with Crippen LogP contribution in [-0.2, 0) is 9.31 Å². The van der Waals surface area contributed by atoms with E-state index in [4.69, 9.17) is 14.3 Å². The lowest BCUT2D eigenvalue weighted by atomic mass is 9.75. The molecule has 7 nitrogen and oxygen atoms in total. The number of carbonyl (C=O) groups is 1. The highest BCUT2D eigenvalue weighted by molar-refractivity contribution is 6.62. The maximum absolute atomic E-state index is 12.2. The molecule has 3 atom stereocenters. The smallest absolute Gasteiger partial charge is 0.465 e. The van der Waals surface area contributed by atoms with E-state index in [2.05, 4.69) is 71.6 Å². The van der Waals surface area contributed by atoms with Gasteiger partial charge in [0.25, 0.3) is 0 Å². The Hall–Kier alpha value is -2.58. The summed E-state index contributed by atoms with van der Waals surface area (Å²) >= 11 is 0. The monoisotopic (exact) mass is 475 g/mol. The SMILES string of the molecule is CC(C)(C)C12C[C@@H](c3nc4ccc5cc(B6OC(C)(C)C(C)(C)O6)ccc5c4[nH]3)N(C(=O)O)[C@@H]1C2. The lowest BCUT2D eigenvalue weighted by Crippen LogP contribution is -2.41. The molecule has 35 heavy (non-hydrogen) atoms. The molecular formula is C27H34BN3O4. The average Bonchev–Trinajstić information content (AvgIpc) is 3.08. The van der Waals surface area contributed by atoms with Gasteiger partial charge in [-0.05, 0) is 62.9 Å². The van der Waals surface area contributed by atoms with Crippen molar-refractivity contribution in [3.63, 3.8) is 0 Å². The number of carboxylic acid groups (broad SMARTS) is 1. The van der Waals surface area contributed by atoms with E-state index in [9.17, 15) is 9.90 Å². The first-order valence-electron chi connectivity index (χ1n) is 12.5. The molecule has 2 N–H and O–H groups in total. The fourth-order valence-electron chi connectivity index (χ4n) is 6.27. The van der Waals surface area contributed by atoms with Gasteiger partial charge in [-0.2, -0.15) is 0 Å². The van der Waals surface area contributed by atoms with Crippen molar-refractivity contribution in [3.8, 4) is 0 Å². The van der Waals surface area contributed by atoms with Gasteiger partial charge in [-0.15, -0.1) is 0 Å². The lowest BCUT2D eigenvalue weighted by molar-refractivity contribution is 0.00578. The second kappa shape index (κ2) is 6.80. The van der Waals surface area contributed by atoms with Crippen LogP contribution in [0.1, 0.15) is 73.2 Å². The summed E-state index contributed by atoms with van der Waals surface area (Å²) in [6, 6.07) is 10.1. The summed E-state index contributed by atoms with van der Waals surface area (Å²) in [7, 11) is -0.416. The van der Waals surface area contributed by atoms with Crippen molar-refractivity contribution in [1.29, 1.82) is 0 Å². The Morgan fingerprint density at radius 3 is 2.43 bits per heavy atom. The molecule has 184 valence electrons. The number of nitrogens with one attached hydrogen (secondary N) is 1. The molecule has 6 rings (SSSR count). The highest BCUT2D eigenvalue weighted by Gasteiger charge is 2.71. The number of aromatic amines is 1. The van der Waals surface area contributed by atoms with Gasteiger partial charge in [-0.25, -0.2) is 9.78 Å². The van der Waals surface area contributed by atoms with Gasteiger partial charge in [0.1, 0.15) is 5.82 Å². The molecule has 3 fully saturated rings. The third kappa shape index (κ3) is 3.12. The number of aromatic nitrogens is 2. The van der Waals surface area contributed by atoms with Crippen molar-refractivity contribution in [2.75, 3.05) is 0 Å². The van der Waals surface area contributed by atoms with Crippen molar-refractivity contribution < 1.29 is 19.2 Å². The maximum Gasteiger partial charge on any atom is 0.494 e. The number of benzene rings is 2. The van der Waals surface area contributed by atoms with E-state index in [0.717, 1.165) is 45.9 Å². The zero-order valence-electron chi connectivity index (χ0n) is 21.6. The second-order valence-electron chi connectivity index (χ2n) is 12.7. The summed E-state index contributed by atoms with van der Waals surface area (Å²) in [5.41, 5.74) is 2.06. The van der Waals surface area contributed by atoms with Gasteiger partial charge in [-0.3, -0.25) is 4.90 Å². The summed E-state index contributed by atoms with van der Waals surface area (Å²) < 4.78 is 12.5. The van der Waals surface area contributed by atoms with E-state index in [1.165, 1.54) is 0 Å². The van der Waals surface area contributed by atoms with E-state index in [0.29, 0.717) is 0 Å². The first-order valence-corrected chi connectivity index (χ1v) is 12.5. The molecule has 1 unspecified atom stereocenters. The van der Waals surface area contributed by atoms with Gasteiger partial charge in [0.05, 0.1) is 28.3 Å². The molecule has 0 radical (unpaired) electrons. The maximum atomic E-state index is 12.2. The van der Waals surface area contributed by atoms with Gasteiger partial charge in [-0.1, -0.05) is 45.0 Å². The van der Waals surface area contributed by atoms with Crippen molar-refractivity contribution in [3.05, 3.63) is 36.2 Å². The molecule has 8 heteroatoms. The van der Waals surface area contributed by atoms with E-state index in [1.54, 1.807) is 4.90 Å². The minimum Gasteiger partial charge on any atom is -0.465 e. The lowest BCUT2D eigenvalue weighted by Gasteiger charge is -2.32. The van der Waals surface area contributed by atoms with Crippen LogP contribution in [0.2, 0.25) is 0 Å². The van der Waals surface area contributed by atoms with Crippen LogP contribution < -0.4 is 5.46 Å². The first kappa shape index (κ1) is 22.9. The highest BCUT2D eigenvalue weighted by Crippen LogP contribution is 2.70. The number of H-pyrrole nitrogens is 1. The van der Waals surface area contributed by atoms with Gasteiger partial charge in [0.2, 0.25) is 0 Å². The summed E-state index contributed by atoms with van der Waals surface area (Å²) in [5.74, 6) is 0.737. The Bertz CT molecular complexity index is 1360. The predicted octanol–water partition coefficient (Wildman–Crippen LogP) is 5.24. The number of rotatable bonds is 2. The molecule has 1 aliphatic carbocycles. The topological polar surface area (TPSA) is 87.7 Å². The Morgan fingerprint density at radius 1 is 1.11 bits per heavy atom. The summed E-state index contributed by atoms with van der Waals surface area (Å²) in [6.07, 6.45) is 0.877. The number of hydrogen-bond acceptors (Lipinski definition) is 4. The molecule has 3 aliphatic rings. The van der Waals surface area contributed by atoms with Crippen LogP contribution in [0.15, 0.2) is 30.3 Å². The van der Waals surface area contributed by atoms with E-state index >= 15 is 0 Å². The van der Waals surface area contributed by atoms with Gasteiger partial charge >= 0.3 is 13.2 Å². The van der Waals surface area contributed by atoms with E-state index < -0.39 is 24.4 Å². The zero-order chi connectivity index (χ0) is 25.1. The van der Waals surface area contributed by atoms with Crippen LogP contribution in [0.5, 0.6) is 0 Å². The molecular weight excluding hydrogens is 441 g/mol. The fraction of sp³-hybridized carbons (Fsp3) is 0.556. The standard InChI is InChI=1S/C27H34BN3O4/c1-24(2,3)27-13-19(31(23(32)33)20(27)14-27)22-29-18-11-8-15-12-16(9-10-17(15)21(18)30-22)28-34-25(4,5)26(6,7)35-28/h8-12,19-20H,13-14H2,1-7H3,(H,29,30)(H,32,33)/t19-,20+,27?/m0/s1. The summed E-state index contributed by atoms with van der Waals surface area (Å²) in [4.78, 5) is 22.3. The normalized spacial score (nSPS) is 29.2. The van der Waals surface area contributed by atoms with E-state index in [1.807, 2.05) is 12.1 Å². The molecule has 2 saturated heterocycles. The first-order chi connectivity index (χ1) is 16.2. The molecule has 3 aromatic rings. The van der Waals surface area contributed by atoms with Crippen LogP contribution >= 0.6 is 0 Å². The summed E-state index contributed by atoms with van der Waals surface area (Å²) in [5, 5.41) is 12.2.